The molecule has 2 aromatic heterocycles. The van der Waals surface area contributed by atoms with Crippen LogP contribution in [0, 0.1) is 0 Å². The van der Waals surface area contributed by atoms with Gasteiger partial charge in [0.2, 0.25) is 0 Å². The lowest BCUT2D eigenvalue weighted by atomic mass is 10.0. The zero-order valence-corrected chi connectivity index (χ0v) is 14.0. The molecule has 6 nitrogen and oxygen atoms in total. The van der Waals surface area contributed by atoms with Crippen molar-refractivity contribution in [3.05, 3.63) is 36.3 Å². The fourth-order valence-corrected chi connectivity index (χ4v) is 4.21. The van der Waals surface area contributed by atoms with Crippen LogP contribution >= 0.6 is 0 Å². The van der Waals surface area contributed by atoms with E-state index in [2.05, 4.69) is 32.0 Å². The molecule has 2 aliphatic rings. The third kappa shape index (κ3) is 2.60. The first-order chi connectivity index (χ1) is 11.8. The molecule has 0 aromatic carbocycles. The molecule has 2 aromatic rings. The molecule has 4 heterocycles. The number of hydrogen-bond acceptors (Lipinski definition) is 4. The summed E-state index contributed by atoms with van der Waals surface area (Å²) in [6.07, 6.45) is 9.73. The number of hydrogen-bond donors (Lipinski definition) is 1. The number of likely N-dealkylation sites (N-methyl/N-ethyl adjacent to an activating group) is 1. The average molecular weight is 325 g/mol. The van der Waals surface area contributed by atoms with Crippen LogP contribution in [0.3, 0.4) is 0 Å². The molecule has 0 radical (unpaired) electrons. The van der Waals surface area contributed by atoms with E-state index in [4.69, 9.17) is 0 Å². The molecule has 2 fully saturated rings. The lowest BCUT2D eigenvalue weighted by Gasteiger charge is -2.33. The minimum atomic E-state index is 0.0957. The molecule has 24 heavy (non-hydrogen) atoms. The van der Waals surface area contributed by atoms with Gasteiger partial charge in [-0.05, 0) is 51.4 Å². The normalized spacial score (nSPS) is 24.6. The quantitative estimate of drug-likeness (QED) is 0.939. The van der Waals surface area contributed by atoms with Crippen molar-refractivity contribution in [2.75, 3.05) is 20.1 Å². The van der Waals surface area contributed by atoms with E-state index in [1.165, 1.54) is 12.8 Å². The Morgan fingerprint density at radius 1 is 1.17 bits per heavy atom. The molecule has 4 rings (SSSR count). The number of rotatable bonds is 3. The number of amides is 1. The van der Waals surface area contributed by atoms with Gasteiger partial charge in [0.25, 0.3) is 5.91 Å². The summed E-state index contributed by atoms with van der Waals surface area (Å²) in [6.45, 7) is 1.98. The molecule has 0 saturated carbocycles. The van der Waals surface area contributed by atoms with Gasteiger partial charge in [0.1, 0.15) is 0 Å². The third-order valence-corrected chi connectivity index (χ3v) is 5.42. The smallest absolute Gasteiger partial charge is 0.257 e. The highest BCUT2D eigenvalue weighted by atomic mass is 16.2. The minimum Gasteiger partial charge on any atom is -0.334 e. The molecule has 0 aliphatic carbocycles. The van der Waals surface area contributed by atoms with Gasteiger partial charge in [0, 0.05) is 36.6 Å². The standard InChI is InChI=1S/C18H23N5O/c1-22-10-2-4-15(22)16-5-3-11-23(16)18(24)14-12-20-21-17(14)13-6-8-19-9-7-13/h6-9,12,15-16H,2-5,10-11H2,1H3,(H,20,21). The molecule has 2 aliphatic heterocycles. The van der Waals surface area contributed by atoms with Gasteiger partial charge in [-0.15, -0.1) is 0 Å². The summed E-state index contributed by atoms with van der Waals surface area (Å²) in [7, 11) is 2.18. The fourth-order valence-electron chi connectivity index (χ4n) is 4.21. The molecule has 2 unspecified atom stereocenters. The van der Waals surface area contributed by atoms with E-state index >= 15 is 0 Å². The van der Waals surface area contributed by atoms with E-state index in [1.807, 2.05) is 12.1 Å². The monoisotopic (exact) mass is 325 g/mol. The van der Waals surface area contributed by atoms with E-state index in [0.717, 1.165) is 37.2 Å². The lowest BCUT2D eigenvalue weighted by Crippen LogP contribution is -2.47. The Bertz CT molecular complexity index is 713. The summed E-state index contributed by atoms with van der Waals surface area (Å²) in [5, 5.41) is 7.11. The first-order valence-electron chi connectivity index (χ1n) is 8.70. The number of likely N-dealkylation sites (tertiary alicyclic amines) is 2. The van der Waals surface area contributed by atoms with Gasteiger partial charge >= 0.3 is 0 Å². The van der Waals surface area contributed by atoms with Gasteiger partial charge in [-0.25, -0.2) is 0 Å². The van der Waals surface area contributed by atoms with Crippen LogP contribution < -0.4 is 0 Å². The Hall–Kier alpha value is -2.21. The second kappa shape index (κ2) is 6.36. The molecule has 2 atom stereocenters. The van der Waals surface area contributed by atoms with Crippen LogP contribution in [0.4, 0.5) is 0 Å². The Labute approximate surface area is 141 Å². The van der Waals surface area contributed by atoms with Crippen molar-refractivity contribution in [2.24, 2.45) is 0 Å². The van der Waals surface area contributed by atoms with Gasteiger partial charge in [0.15, 0.2) is 0 Å². The second-order valence-electron chi connectivity index (χ2n) is 6.79. The maximum absolute atomic E-state index is 13.2. The second-order valence-corrected chi connectivity index (χ2v) is 6.79. The summed E-state index contributed by atoms with van der Waals surface area (Å²) in [6, 6.07) is 4.62. The number of carbonyl (C=O) groups excluding carboxylic acids is 1. The highest BCUT2D eigenvalue weighted by molar-refractivity contribution is 6.00. The first kappa shape index (κ1) is 15.3. The number of aromatic amines is 1. The molecule has 0 spiro atoms. The van der Waals surface area contributed by atoms with Crippen LogP contribution in [0.2, 0.25) is 0 Å². The van der Waals surface area contributed by atoms with E-state index in [1.54, 1.807) is 18.6 Å². The number of carbonyl (C=O) groups is 1. The minimum absolute atomic E-state index is 0.0957. The van der Waals surface area contributed by atoms with E-state index in [0.29, 0.717) is 17.6 Å². The van der Waals surface area contributed by atoms with Crippen LogP contribution in [0.1, 0.15) is 36.0 Å². The predicted octanol–water partition coefficient (Wildman–Crippen LogP) is 2.17. The number of H-pyrrole nitrogens is 1. The van der Waals surface area contributed by atoms with Crippen LogP contribution in [0.5, 0.6) is 0 Å². The summed E-state index contributed by atoms with van der Waals surface area (Å²) in [4.78, 5) is 21.7. The maximum Gasteiger partial charge on any atom is 0.257 e. The zero-order valence-electron chi connectivity index (χ0n) is 14.0. The van der Waals surface area contributed by atoms with Gasteiger partial charge in [0.05, 0.1) is 17.5 Å². The van der Waals surface area contributed by atoms with Gasteiger partial charge < -0.3 is 9.80 Å². The summed E-state index contributed by atoms with van der Waals surface area (Å²) >= 11 is 0. The predicted molar refractivity (Wildman–Crippen MR) is 91.5 cm³/mol. The highest BCUT2D eigenvalue weighted by Gasteiger charge is 2.39. The van der Waals surface area contributed by atoms with Gasteiger partial charge in [-0.2, -0.15) is 5.10 Å². The summed E-state index contributed by atoms with van der Waals surface area (Å²) in [5.74, 6) is 0.0957. The Balaban J connectivity index is 1.61. The van der Waals surface area contributed by atoms with Crippen molar-refractivity contribution in [2.45, 2.75) is 37.8 Å². The van der Waals surface area contributed by atoms with E-state index in [9.17, 15) is 4.79 Å². The summed E-state index contributed by atoms with van der Waals surface area (Å²) < 4.78 is 0. The highest BCUT2D eigenvalue weighted by Crippen LogP contribution is 2.31. The van der Waals surface area contributed by atoms with Crippen LogP contribution in [-0.2, 0) is 0 Å². The van der Waals surface area contributed by atoms with Gasteiger partial charge in [-0.1, -0.05) is 0 Å². The van der Waals surface area contributed by atoms with E-state index < -0.39 is 0 Å². The van der Waals surface area contributed by atoms with Crippen LogP contribution in [-0.4, -0.2) is 63.1 Å². The van der Waals surface area contributed by atoms with Crippen molar-refractivity contribution < 1.29 is 4.79 Å². The van der Waals surface area contributed by atoms with Crippen molar-refractivity contribution in [3.63, 3.8) is 0 Å². The number of pyridine rings is 1. The molecule has 1 N–H and O–H groups in total. The molecule has 0 bridgehead atoms. The molecule has 1 amide bonds. The van der Waals surface area contributed by atoms with Crippen molar-refractivity contribution in [1.29, 1.82) is 0 Å². The van der Waals surface area contributed by atoms with E-state index in [-0.39, 0.29) is 5.91 Å². The molecule has 126 valence electrons. The fraction of sp³-hybridized carbons (Fsp3) is 0.500. The molecular weight excluding hydrogens is 302 g/mol. The zero-order chi connectivity index (χ0) is 16.5. The Kier molecular flexibility index (Phi) is 4.06. The molecule has 2 saturated heterocycles. The van der Waals surface area contributed by atoms with Crippen molar-refractivity contribution in [3.8, 4) is 11.3 Å². The average Bonchev–Trinajstić information content (AvgIpc) is 3.34. The van der Waals surface area contributed by atoms with Crippen molar-refractivity contribution in [1.82, 2.24) is 25.0 Å². The number of aromatic nitrogens is 3. The summed E-state index contributed by atoms with van der Waals surface area (Å²) in [5.41, 5.74) is 2.39. The largest absolute Gasteiger partial charge is 0.334 e. The molecule has 6 heteroatoms. The first-order valence-corrected chi connectivity index (χ1v) is 8.70. The lowest BCUT2D eigenvalue weighted by molar-refractivity contribution is 0.0665. The Morgan fingerprint density at radius 2 is 1.92 bits per heavy atom. The van der Waals surface area contributed by atoms with Gasteiger partial charge in [-0.3, -0.25) is 14.9 Å². The van der Waals surface area contributed by atoms with Crippen LogP contribution in [0.15, 0.2) is 30.7 Å². The third-order valence-electron chi connectivity index (χ3n) is 5.42. The Morgan fingerprint density at radius 3 is 2.67 bits per heavy atom. The molecular formula is C18H23N5O. The topological polar surface area (TPSA) is 65.1 Å². The van der Waals surface area contributed by atoms with Crippen molar-refractivity contribution >= 4 is 5.91 Å². The number of nitrogens with one attached hydrogen (secondary N) is 1. The SMILES string of the molecule is CN1CCCC1C1CCCN1C(=O)c1cn[nH]c1-c1ccncc1. The number of nitrogens with zero attached hydrogens (tertiary/aromatic N) is 4. The van der Waals surface area contributed by atoms with Crippen LogP contribution in [0.25, 0.3) is 11.3 Å². The maximum atomic E-state index is 13.2.